The second kappa shape index (κ2) is 17.2. The number of ether oxygens (including phenoxy) is 2. The molecule has 0 aliphatic rings. The van der Waals surface area contributed by atoms with Crippen LogP contribution in [0.1, 0.15) is 105 Å². The highest BCUT2D eigenvalue weighted by atomic mass is 16.6. The van der Waals surface area contributed by atoms with E-state index in [4.69, 9.17) is 9.47 Å². The van der Waals surface area contributed by atoms with Crippen molar-refractivity contribution in [3.05, 3.63) is 71.3 Å². The third-order valence-electron chi connectivity index (χ3n) is 7.19. The van der Waals surface area contributed by atoms with E-state index in [1.54, 1.807) is 41.5 Å². The quantitative estimate of drug-likeness (QED) is 0.228. The van der Waals surface area contributed by atoms with Gasteiger partial charge in [0.15, 0.2) is 0 Å². The molecule has 0 spiro atoms. The average Bonchev–Trinajstić information content (AvgIpc) is 2.96. The van der Waals surface area contributed by atoms with E-state index >= 15 is 0 Å². The third kappa shape index (κ3) is 12.5. The molecule has 0 aromatic heterocycles. The largest absolute Gasteiger partial charge is 0.458 e. The zero-order valence-corrected chi connectivity index (χ0v) is 29.4. The molecule has 3 atom stereocenters. The first-order valence-corrected chi connectivity index (χ1v) is 16.4. The van der Waals surface area contributed by atoms with Gasteiger partial charge < -0.3 is 25.0 Å². The fourth-order valence-electron chi connectivity index (χ4n) is 4.90. The molecule has 2 N–H and O–H groups in total. The number of esters is 1. The molecule has 46 heavy (non-hydrogen) atoms. The number of alkyl carbamates (subject to hydrolysis) is 1. The van der Waals surface area contributed by atoms with E-state index in [2.05, 4.69) is 10.6 Å². The summed E-state index contributed by atoms with van der Waals surface area (Å²) < 4.78 is 11.2. The first kappa shape index (κ1) is 38.3. The van der Waals surface area contributed by atoms with Crippen LogP contribution in [0.25, 0.3) is 0 Å². The van der Waals surface area contributed by atoms with Crippen molar-refractivity contribution < 1.29 is 28.7 Å². The number of carbonyl (C=O) groups excluding carboxylic acids is 4. The van der Waals surface area contributed by atoms with Crippen molar-refractivity contribution in [2.24, 2.45) is 5.92 Å². The van der Waals surface area contributed by atoms with Crippen LogP contribution in [-0.4, -0.2) is 58.6 Å². The van der Waals surface area contributed by atoms with Gasteiger partial charge in [-0.1, -0.05) is 88.7 Å². The van der Waals surface area contributed by atoms with Gasteiger partial charge >= 0.3 is 12.1 Å². The Labute approximate surface area is 275 Å². The molecular weight excluding hydrogens is 582 g/mol. The Hall–Kier alpha value is -3.88. The fourth-order valence-corrected chi connectivity index (χ4v) is 4.90. The number of carbonyl (C=O) groups is 4. The molecule has 0 bridgehead atoms. The SMILES string of the molecule is CCCCN(C(=O)C(NC(=O)OC(C)(C)C)C(C)C)C(C(=O)NC(Cc1ccccc1)C(=O)OC(C)(C)C)c1ccc(CC)cc1. The monoisotopic (exact) mass is 637 g/mol. The van der Waals surface area contributed by atoms with Gasteiger partial charge in [0.2, 0.25) is 11.8 Å². The highest BCUT2D eigenvalue weighted by Crippen LogP contribution is 2.26. The first-order valence-electron chi connectivity index (χ1n) is 16.4. The number of nitrogens with one attached hydrogen (secondary N) is 2. The summed E-state index contributed by atoms with van der Waals surface area (Å²) in [4.78, 5) is 56.7. The maximum atomic E-state index is 14.5. The van der Waals surface area contributed by atoms with Crippen LogP contribution in [0.5, 0.6) is 0 Å². The Morgan fingerprint density at radius 1 is 0.783 bits per heavy atom. The standard InChI is InChI=1S/C37H55N3O6/c1-11-13-23-40(33(42)30(25(3)4)39-35(44)46-37(8,9)10)31(28-21-19-26(12-2)20-22-28)32(41)38-29(34(43)45-36(5,6)7)24-27-17-15-14-16-18-27/h14-22,25,29-31H,11-13,23-24H2,1-10H3,(H,38,41)(H,39,44). The van der Waals surface area contributed by atoms with E-state index in [-0.39, 0.29) is 18.9 Å². The molecule has 0 saturated carbocycles. The van der Waals surface area contributed by atoms with Gasteiger partial charge in [0.25, 0.3) is 0 Å². The van der Waals surface area contributed by atoms with Gasteiger partial charge in [0.05, 0.1) is 0 Å². The topological polar surface area (TPSA) is 114 Å². The summed E-state index contributed by atoms with van der Waals surface area (Å²) in [6, 6.07) is 13.9. The number of amides is 3. The van der Waals surface area contributed by atoms with Crippen LogP contribution >= 0.6 is 0 Å². The van der Waals surface area contributed by atoms with E-state index in [0.717, 1.165) is 24.0 Å². The maximum absolute atomic E-state index is 14.5. The van der Waals surface area contributed by atoms with Crippen LogP contribution in [0.3, 0.4) is 0 Å². The zero-order valence-electron chi connectivity index (χ0n) is 29.4. The van der Waals surface area contributed by atoms with Crippen LogP contribution < -0.4 is 10.6 Å². The molecule has 2 aromatic carbocycles. The van der Waals surface area contributed by atoms with Crippen molar-refractivity contribution in [2.75, 3.05) is 6.54 Å². The number of rotatable bonds is 14. The third-order valence-corrected chi connectivity index (χ3v) is 7.19. The van der Waals surface area contributed by atoms with Crippen LogP contribution in [0.2, 0.25) is 0 Å². The molecule has 0 saturated heterocycles. The molecule has 0 radical (unpaired) electrons. The molecule has 2 rings (SSSR count). The van der Waals surface area contributed by atoms with Gasteiger partial charge in [-0.2, -0.15) is 0 Å². The minimum absolute atomic E-state index is 0.209. The van der Waals surface area contributed by atoms with Crippen LogP contribution in [-0.2, 0) is 36.7 Å². The summed E-state index contributed by atoms with van der Waals surface area (Å²) in [6.45, 7) is 18.6. The minimum atomic E-state index is -1.08. The lowest BCUT2D eigenvalue weighted by Crippen LogP contribution is -2.56. The number of aryl methyl sites for hydroxylation is 1. The molecule has 254 valence electrons. The molecule has 2 aromatic rings. The van der Waals surface area contributed by atoms with Gasteiger partial charge in [-0.05, 0) is 77.0 Å². The van der Waals surface area contributed by atoms with Gasteiger partial charge in [-0.25, -0.2) is 9.59 Å². The molecule has 0 aliphatic heterocycles. The first-order chi connectivity index (χ1) is 21.5. The number of benzene rings is 2. The van der Waals surface area contributed by atoms with Crippen LogP contribution in [0.15, 0.2) is 54.6 Å². The summed E-state index contributed by atoms with van der Waals surface area (Å²) in [5.74, 6) is -1.79. The second-order valence-corrected chi connectivity index (χ2v) is 14.0. The molecule has 9 heteroatoms. The summed E-state index contributed by atoms with van der Waals surface area (Å²) in [5, 5.41) is 5.70. The predicted molar refractivity (Wildman–Crippen MR) is 181 cm³/mol. The van der Waals surface area contributed by atoms with E-state index in [0.29, 0.717) is 12.0 Å². The molecule has 0 fully saturated rings. The molecule has 3 unspecified atom stereocenters. The lowest BCUT2D eigenvalue weighted by Gasteiger charge is -2.36. The Morgan fingerprint density at radius 3 is 1.87 bits per heavy atom. The summed E-state index contributed by atoms with van der Waals surface area (Å²) in [7, 11) is 0. The van der Waals surface area contributed by atoms with Crippen molar-refractivity contribution in [3.8, 4) is 0 Å². The molecule has 9 nitrogen and oxygen atoms in total. The van der Waals surface area contributed by atoms with Crippen molar-refractivity contribution in [3.63, 3.8) is 0 Å². The zero-order chi connectivity index (χ0) is 34.7. The number of nitrogens with zero attached hydrogens (tertiary/aromatic N) is 1. The fraction of sp³-hybridized carbons (Fsp3) is 0.568. The van der Waals surface area contributed by atoms with E-state index in [1.165, 1.54) is 4.90 Å². The number of hydrogen-bond donors (Lipinski definition) is 2. The minimum Gasteiger partial charge on any atom is -0.458 e. The van der Waals surface area contributed by atoms with E-state index in [1.807, 2.05) is 82.3 Å². The summed E-state index contributed by atoms with van der Waals surface area (Å²) in [6.07, 6.45) is 1.70. The highest BCUT2D eigenvalue weighted by molar-refractivity contribution is 5.94. The van der Waals surface area contributed by atoms with Gasteiger partial charge in [0.1, 0.15) is 29.3 Å². The Bertz CT molecular complexity index is 1280. The normalized spacial score (nSPS) is 13.7. The molecule has 0 heterocycles. The average molecular weight is 638 g/mol. The Kier molecular flexibility index (Phi) is 14.3. The second-order valence-electron chi connectivity index (χ2n) is 14.0. The van der Waals surface area contributed by atoms with Gasteiger partial charge in [-0.3, -0.25) is 9.59 Å². The van der Waals surface area contributed by atoms with Crippen molar-refractivity contribution in [2.45, 2.75) is 124 Å². The van der Waals surface area contributed by atoms with Crippen LogP contribution in [0, 0.1) is 5.92 Å². The smallest absolute Gasteiger partial charge is 0.408 e. The highest BCUT2D eigenvalue weighted by Gasteiger charge is 2.39. The van der Waals surface area contributed by atoms with Crippen molar-refractivity contribution in [1.82, 2.24) is 15.5 Å². The lowest BCUT2D eigenvalue weighted by atomic mass is 9.97. The maximum Gasteiger partial charge on any atom is 0.408 e. The summed E-state index contributed by atoms with van der Waals surface area (Å²) in [5.41, 5.74) is 1.00. The van der Waals surface area contributed by atoms with E-state index in [9.17, 15) is 19.2 Å². The van der Waals surface area contributed by atoms with Gasteiger partial charge in [-0.15, -0.1) is 0 Å². The molecule has 0 aliphatic carbocycles. The van der Waals surface area contributed by atoms with Gasteiger partial charge in [0, 0.05) is 13.0 Å². The Balaban J connectivity index is 2.61. The number of unbranched alkanes of at least 4 members (excludes halogenated alkanes) is 1. The molecule has 3 amide bonds. The van der Waals surface area contributed by atoms with E-state index < -0.39 is 53.2 Å². The molecular formula is C37H55N3O6. The van der Waals surface area contributed by atoms with Crippen molar-refractivity contribution in [1.29, 1.82) is 0 Å². The summed E-state index contributed by atoms with van der Waals surface area (Å²) >= 11 is 0. The lowest BCUT2D eigenvalue weighted by molar-refractivity contribution is -0.159. The number of hydrogen-bond acceptors (Lipinski definition) is 6. The predicted octanol–water partition coefficient (Wildman–Crippen LogP) is 6.54. The van der Waals surface area contributed by atoms with Crippen molar-refractivity contribution >= 4 is 23.9 Å². The van der Waals surface area contributed by atoms with Crippen LogP contribution in [0.4, 0.5) is 4.79 Å². The Morgan fingerprint density at radius 2 is 1.37 bits per heavy atom.